The topological polar surface area (TPSA) is 173 Å². The molecule has 0 aliphatic carbocycles. The van der Waals surface area contributed by atoms with Crippen LogP contribution >= 0.6 is 0 Å². The SMILES string of the molecule is NC(=O)CC(NC(=O)C(N)CC(=O)O)C(=O)O. The van der Waals surface area contributed by atoms with Crippen molar-refractivity contribution in [1.82, 2.24) is 5.32 Å². The Bertz CT molecular complexity index is 342. The van der Waals surface area contributed by atoms with E-state index in [9.17, 15) is 19.2 Å². The van der Waals surface area contributed by atoms with E-state index in [4.69, 9.17) is 21.7 Å². The predicted molar refractivity (Wildman–Crippen MR) is 53.6 cm³/mol. The smallest absolute Gasteiger partial charge is 0.326 e. The number of carboxylic acid groups (broad SMARTS) is 2. The van der Waals surface area contributed by atoms with E-state index in [2.05, 4.69) is 0 Å². The van der Waals surface area contributed by atoms with Crippen molar-refractivity contribution in [2.75, 3.05) is 0 Å². The molecule has 2 atom stereocenters. The molecule has 96 valence electrons. The minimum Gasteiger partial charge on any atom is -0.481 e. The van der Waals surface area contributed by atoms with Crippen LogP contribution in [0, 0.1) is 0 Å². The molecule has 7 N–H and O–H groups in total. The van der Waals surface area contributed by atoms with Crippen molar-refractivity contribution in [3.8, 4) is 0 Å². The van der Waals surface area contributed by atoms with Crippen molar-refractivity contribution >= 4 is 23.8 Å². The first kappa shape index (κ1) is 14.8. The van der Waals surface area contributed by atoms with Crippen LogP contribution in [-0.2, 0) is 19.2 Å². The Labute approximate surface area is 95.8 Å². The first-order valence-electron chi connectivity index (χ1n) is 4.53. The van der Waals surface area contributed by atoms with Crippen LogP contribution in [0.15, 0.2) is 0 Å². The number of carbonyl (C=O) groups excluding carboxylic acids is 2. The molecule has 0 aromatic rings. The molecule has 2 unspecified atom stereocenters. The van der Waals surface area contributed by atoms with E-state index in [1.807, 2.05) is 5.32 Å². The van der Waals surface area contributed by atoms with Crippen molar-refractivity contribution < 1.29 is 29.4 Å². The maximum Gasteiger partial charge on any atom is 0.326 e. The van der Waals surface area contributed by atoms with Crippen molar-refractivity contribution in [3.05, 3.63) is 0 Å². The van der Waals surface area contributed by atoms with Crippen LogP contribution in [-0.4, -0.2) is 46.0 Å². The van der Waals surface area contributed by atoms with Gasteiger partial charge in [-0.05, 0) is 0 Å². The van der Waals surface area contributed by atoms with Gasteiger partial charge < -0.3 is 27.0 Å². The zero-order chi connectivity index (χ0) is 13.6. The molecule has 0 fully saturated rings. The van der Waals surface area contributed by atoms with E-state index in [0.29, 0.717) is 0 Å². The van der Waals surface area contributed by atoms with Gasteiger partial charge in [0.1, 0.15) is 6.04 Å². The maximum atomic E-state index is 11.3. The molecule has 0 bridgehead atoms. The molecule has 0 spiro atoms. The first-order chi connectivity index (χ1) is 7.73. The minimum absolute atomic E-state index is 0.596. The third-order valence-corrected chi connectivity index (χ3v) is 1.75. The van der Waals surface area contributed by atoms with Gasteiger partial charge in [0.25, 0.3) is 0 Å². The van der Waals surface area contributed by atoms with Crippen molar-refractivity contribution in [1.29, 1.82) is 0 Å². The number of carboxylic acids is 2. The standard InChI is InChI=1S/C8H13N3O6/c9-3(1-6(13)14)7(15)11-4(8(16)17)2-5(10)12/h3-4H,1-2,9H2,(H2,10,12)(H,11,15)(H,13,14)(H,16,17). The second-order valence-electron chi connectivity index (χ2n) is 3.27. The fraction of sp³-hybridized carbons (Fsp3) is 0.500. The Hall–Kier alpha value is -2.16. The van der Waals surface area contributed by atoms with Gasteiger partial charge in [-0.3, -0.25) is 14.4 Å². The molecule has 9 heteroatoms. The third-order valence-electron chi connectivity index (χ3n) is 1.75. The monoisotopic (exact) mass is 247 g/mol. The number of aliphatic carboxylic acids is 2. The van der Waals surface area contributed by atoms with Crippen LogP contribution in [0.4, 0.5) is 0 Å². The Morgan fingerprint density at radius 3 is 2.00 bits per heavy atom. The molecule has 0 saturated heterocycles. The Kier molecular flexibility index (Phi) is 5.61. The van der Waals surface area contributed by atoms with Gasteiger partial charge in [0.05, 0.1) is 18.9 Å². The summed E-state index contributed by atoms with van der Waals surface area (Å²) in [5.74, 6) is -4.64. The molecule has 0 heterocycles. The normalized spacial score (nSPS) is 13.5. The molecule has 9 nitrogen and oxygen atoms in total. The Morgan fingerprint density at radius 1 is 1.12 bits per heavy atom. The van der Waals surface area contributed by atoms with E-state index >= 15 is 0 Å². The van der Waals surface area contributed by atoms with Gasteiger partial charge in [-0.25, -0.2) is 4.79 Å². The average Bonchev–Trinajstić information content (AvgIpc) is 2.14. The second kappa shape index (κ2) is 6.43. The molecule has 0 radical (unpaired) electrons. The lowest BCUT2D eigenvalue weighted by Crippen LogP contribution is -2.50. The van der Waals surface area contributed by atoms with Gasteiger partial charge in [-0.1, -0.05) is 0 Å². The predicted octanol–water partition coefficient (Wildman–Crippen LogP) is -2.77. The molecule has 0 aromatic heterocycles. The van der Waals surface area contributed by atoms with Crippen LogP contribution < -0.4 is 16.8 Å². The number of hydrogen-bond acceptors (Lipinski definition) is 5. The third kappa shape index (κ3) is 6.10. The maximum absolute atomic E-state index is 11.3. The van der Waals surface area contributed by atoms with E-state index in [1.165, 1.54) is 0 Å². The summed E-state index contributed by atoms with van der Waals surface area (Å²) in [5, 5.41) is 19.0. The van der Waals surface area contributed by atoms with Gasteiger partial charge in [-0.15, -0.1) is 0 Å². The van der Waals surface area contributed by atoms with Crippen LogP contribution in [0.25, 0.3) is 0 Å². The van der Waals surface area contributed by atoms with Crippen LogP contribution in [0.5, 0.6) is 0 Å². The highest BCUT2D eigenvalue weighted by Gasteiger charge is 2.25. The summed E-state index contributed by atoms with van der Waals surface area (Å²) in [5.41, 5.74) is 9.98. The molecular formula is C8H13N3O6. The summed E-state index contributed by atoms with van der Waals surface area (Å²) in [4.78, 5) is 42.7. The molecule has 0 rings (SSSR count). The fourth-order valence-corrected chi connectivity index (χ4v) is 0.961. The van der Waals surface area contributed by atoms with Crippen LogP contribution in [0.2, 0.25) is 0 Å². The second-order valence-corrected chi connectivity index (χ2v) is 3.27. The number of primary amides is 1. The lowest BCUT2D eigenvalue weighted by Gasteiger charge is -2.15. The average molecular weight is 247 g/mol. The van der Waals surface area contributed by atoms with Crippen molar-refractivity contribution in [2.24, 2.45) is 11.5 Å². The molecule has 0 aromatic carbocycles. The fourth-order valence-electron chi connectivity index (χ4n) is 0.961. The van der Waals surface area contributed by atoms with Gasteiger partial charge in [-0.2, -0.15) is 0 Å². The Morgan fingerprint density at radius 2 is 1.65 bits per heavy atom. The number of carbonyl (C=O) groups is 4. The van der Waals surface area contributed by atoms with Gasteiger partial charge in [0.2, 0.25) is 11.8 Å². The highest BCUT2D eigenvalue weighted by atomic mass is 16.4. The zero-order valence-electron chi connectivity index (χ0n) is 8.75. The number of nitrogens with two attached hydrogens (primary N) is 2. The van der Waals surface area contributed by atoms with E-state index in [-0.39, 0.29) is 0 Å². The Balaban J connectivity index is 4.44. The summed E-state index contributed by atoms with van der Waals surface area (Å²) in [6.45, 7) is 0. The molecule has 0 saturated carbocycles. The van der Waals surface area contributed by atoms with Gasteiger partial charge in [0.15, 0.2) is 0 Å². The number of nitrogens with one attached hydrogen (secondary N) is 1. The molecular weight excluding hydrogens is 234 g/mol. The summed E-state index contributed by atoms with van der Waals surface area (Å²) in [6.07, 6.45) is -1.24. The number of rotatable bonds is 7. The minimum atomic E-state index is -1.51. The largest absolute Gasteiger partial charge is 0.481 e. The number of amides is 2. The summed E-state index contributed by atoms with van der Waals surface area (Å²) in [7, 11) is 0. The van der Waals surface area contributed by atoms with Crippen LogP contribution in [0.3, 0.4) is 0 Å². The van der Waals surface area contributed by atoms with Gasteiger partial charge in [0, 0.05) is 0 Å². The quantitative estimate of drug-likeness (QED) is 0.323. The van der Waals surface area contributed by atoms with Gasteiger partial charge >= 0.3 is 11.9 Å². The van der Waals surface area contributed by atoms with Crippen molar-refractivity contribution in [2.45, 2.75) is 24.9 Å². The van der Waals surface area contributed by atoms with E-state index in [0.717, 1.165) is 0 Å². The lowest BCUT2D eigenvalue weighted by molar-refractivity contribution is -0.144. The van der Waals surface area contributed by atoms with E-state index < -0.39 is 48.7 Å². The lowest BCUT2D eigenvalue weighted by atomic mass is 10.1. The summed E-state index contributed by atoms with van der Waals surface area (Å²) in [6, 6.07) is -2.90. The molecule has 0 aliphatic heterocycles. The highest BCUT2D eigenvalue weighted by molar-refractivity contribution is 5.91. The zero-order valence-corrected chi connectivity index (χ0v) is 8.75. The van der Waals surface area contributed by atoms with Crippen LogP contribution in [0.1, 0.15) is 12.8 Å². The summed E-state index contributed by atoms with van der Waals surface area (Å²) >= 11 is 0. The van der Waals surface area contributed by atoms with Crippen molar-refractivity contribution in [3.63, 3.8) is 0 Å². The molecule has 0 aliphatic rings. The highest BCUT2D eigenvalue weighted by Crippen LogP contribution is 1.95. The molecule has 2 amide bonds. The summed E-state index contributed by atoms with van der Waals surface area (Å²) < 4.78 is 0. The first-order valence-corrected chi connectivity index (χ1v) is 4.53. The molecule has 17 heavy (non-hydrogen) atoms. The number of hydrogen-bond donors (Lipinski definition) is 5. The van der Waals surface area contributed by atoms with E-state index in [1.54, 1.807) is 0 Å².